The lowest BCUT2D eigenvalue weighted by Gasteiger charge is -2.14. The Morgan fingerprint density at radius 2 is 2.17 bits per heavy atom. The van der Waals surface area contributed by atoms with Gasteiger partial charge in [0.2, 0.25) is 5.89 Å². The van der Waals surface area contributed by atoms with Crippen LogP contribution in [0.5, 0.6) is 0 Å². The van der Waals surface area contributed by atoms with E-state index < -0.39 is 0 Å². The molecule has 2 rings (SSSR count). The molecule has 4 nitrogen and oxygen atoms in total. The molecule has 0 amide bonds. The molecule has 0 fully saturated rings. The van der Waals surface area contributed by atoms with Gasteiger partial charge < -0.3 is 10.3 Å². The molecule has 2 aromatic rings. The highest BCUT2D eigenvalue weighted by Crippen LogP contribution is 2.11. The van der Waals surface area contributed by atoms with Gasteiger partial charge in [-0.15, -0.1) is 0 Å². The van der Waals surface area contributed by atoms with Crippen LogP contribution in [0.4, 0.5) is 4.39 Å². The third-order valence-electron chi connectivity index (χ3n) is 2.37. The van der Waals surface area contributed by atoms with Gasteiger partial charge in [0.25, 0.3) is 0 Å². The van der Waals surface area contributed by atoms with E-state index in [1.54, 1.807) is 6.07 Å². The van der Waals surface area contributed by atoms with Crippen LogP contribution in [0.25, 0.3) is 0 Å². The predicted molar refractivity (Wildman–Crippen MR) is 65.5 cm³/mol. The van der Waals surface area contributed by atoms with Gasteiger partial charge in [-0.05, 0) is 31.5 Å². The van der Waals surface area contributed by atoms with Crippen LogP contribution in [0.15, 0.2) is 28.8 Å². The molecule has 0 spiro atoms. The maximum atomic E-state index is 13.0. The van der Waals surface area contributed by atoms with E-state index in [9.17, 15) is 4.39 Å². The summed E-state index contributed by atoms with van der Waals surface area (Å²) in [6.07, 6.45) is 0.968. The number of hydrogen-bond acceptors (Lipinski definition) is 4. The zero-order valence-electron chi connectivity index (χ0n) is 10.5. The van der Waals surface area contributed by atoms with Gasteiger partial charge in [-0.3, -0.25) is 0 Å². The van der Waals surface area contributed by atoms with Crippen LogP contribution in [-0.2, 0) is 12.8 Å². The standard InChI is InChI=1S/C13H16FN3O/c1-13(2,15)8-12-16-11(17-18-12)7-9-4-3-5-10(14)6-9/h3-6H,7-8,15H2,1-2H3. The van der Waals surface area contributed by atoms with Crippen LogP contribution in [0.1, 0.15) is 31.1 Å². The van der Waals surface area contributed by atoms with Gasteiger partial charge in [0.05, 0.1) is 0 Å². The van der Waals surface area contributed by atoms with E-state index in [-0.39, 0.29) is 11.4 Å². The maximum Gasteiger partial charge on any atom is 0.228 e. The third-order valence-corrected chi connectivity index (χ3v) is 2.37. The molecule has 0 aliphatic heterocycles. The van der Waals surface area contributed by atoms with Crippen molar-refractivity contribution < 1.29 is 8.91 Å². The molecular weight excluding hydrogens is 233 g/mol. The Morgan fingerprint density at radius 1 is 1.39 bits per heavy atom. The quantitative estimate of drug-likeness (QED) is 0.901. The van der Waals surface area contributed by atoms with Gasteiger partial charge in [-0.25, -0.2) is 4.39 Å². The molecule has 0 aliphatic carbocycles. The molecule has 0 saturated carbocycles. The van der Waals surface area contributed by atoms with E-state index in [4.69, 9.17) is 10.3 Å². The second kappa shape index (κ2) is 4.86. The molecule has 96 valence electrons. The smallest absolute Gasteiger partial charge is 0.228 e. The van der Waals surface area contributed by atoms with Crippen molar-refractivity contribution in [1.82, 2.24) is 10.1 Å². The molecule has 0 saturated heterocycles. The molecule has 1 aromatic heterocycles. The van der Waals surface area contributed by atoms with Gasteiger partial charge in [0, 0.05) is 18.4 Å². The molecule has 0 unspecified atom stereocenters. The van der Waals surface area contributed by atoms with Crippen molar-refractivity contribution in [3.63, 3.8) is 0 Å². The summed E-state index contributed by atoms with van der Waals surface area (Å²) >= 11 is 0. The number of rotatable bonds is 4. The number of halogens is 1. The van der Waals surface area contributed by atoms with Crippen LogP contribution in [0, 0.1) is 5.82 Å². The largest absolute Gasteiger partial charge is 0.339 e. The Morgan fingerprint density at radius 3 is 2.83 bits per heavy atom. The Labute approximate surface area is 105 Å². The molecular formula is C13H16FN3O. The molecule has 0 bridgehead atoms. The fourth-order valence-electron chi connectivity index (χ4n) is 1.65. The number of nitrogens with two attached hydrogens (primary N) is 1. The fourth-order valence-corrected chi connectivity index (χ4v) is 1.65. The van der Waals surface area contributed by atoms with E-state index in [1.807, 2.05) is 19.9 Å². The molecule has 1 aromatic carbocycles. The lowest BCUT2D eigenvalue weighted by molar-refractivity contribution is 0.345. The van der Waals surface area contributed by atoms with Crippen molar-refractivity contribution in [2.45, 2.75) is 32.2 Å². The summed E-state index contributed by atoms with van der Waals surface area (Å²) in [7, 11) is 0. The van der Waals surface area contributed by atoms with Gasteiger partial charge in [-0.2, -0.15) is 4.98 Å². The van der Waals surface area contributed by atoms with Crippen LogP contribution < -0.4 is 5.73 Å². The topological polar surface area (TPSA) is 64.9 Å². The summed E-state index contributed by atoms with van der Waals surface area (Å²) in [6.45, 7) is 3.78. The van der Waals surface area contributed by atoms with Gasteiger partial charge in [0.15, 0.2) is 5.82 Å². The first-order valence-electron chi connectivity index (χ1n) is 5.77. The van der Waals surface area contributed by atoms with Crippen molar-refractivity contribution in [2.24, 2.45) is 5.73 Å². The molecule has 1 heterocycles. The van der Waals surface area contributed by atoms with Crippen LogP contribution in [0.3, 0.4) is 0 Å². The van der Waals surface area contributed by atoms with E-state index >= 15 is 0 Å². The number of hydrogen-bond donors (Lipinski definition) is 1. The van der Waals surface area contributed by atoms with Crippen molar-refractivity contribution in [2.75, 3.05) is 0 Å². The molecule has 2 N–H and O–H groups in total. The Bertz CT molecular complexity index is 531. The second-order valence-corrected chi connectivity index (χ2v) is 5.08. The summed E-state index contributed by atoms with van der Waals surface area (Å²) in [4.78, 5) is 4.24. The van der Waals surface area contributed by atoms with Crippen molar-refractivity contribution >= 4 is 0 Å². The lowest BCUT2D eigenvalue weighted by atomic mass is 10.0. The molecule has 0 atom stereocenters. The van der Waals surface area contributed by atoms with E-state index in [0.717, 1.165) is 5.56 Å². The predicted octanol–water partition coefficient (Wildman–Crippen LogP) is 2.08. The molecule has 0 aliphatic rings. The van der Waals surface area contributed by atoms with E-state index in [0.29, 0.717) is 24.6 Å². The SMILES string of the molecule is CC(C)(N)Cc1nc(Cc2cccc(F)c2)no1. The van der Waals surface area contributed by atoms with Crippen molar-refractivity contribution in [3.8, 4) is 0 Å². The zero-order valence-corrected chi connectivity index (χ0v) is 10.5. The zero-order chi connectivity index (χ0) is 13.2. The third kappa shape index (κ3) is 3.63. The fraction of sp³-hybridized carbons (Fsp3) is 0.385. The minimum Gasteiger partial charge on any atom is -0.339 e. The summed E-state index contributed by atoms with van der Waals surface area (Å²) in [5.41, 5.74) is 6.30. The van der Waals surface area contributed by atoms with Crippen molar-refractivity contribution in [3.05, 3.63) is 47.4 Å². The van der Waals surface area contributed by atoms with Gasteiger partial charge in [-0.1, -0.05) is 17.3 Å². The summed E-state index contributed by atoms with van der Waals surface area (Å²) in [5, 5.41) is 3.86. The monoisotopic (exact) mass is 249 g/mol. The van der Waals surface area contributed by atoms with Gasteiger partial charge in [0.1, 0.15) is 5.82 Å². The highest BCUT2D eigenvalue weighted by Gasteiger charge is 2.17. The highest BCUT2D eigenvalue weighted by atomic mass is 19.1. The minimum atomic E-state index is -0.386. The molecule has 5 heteroatoms. The first kappa shape index (κ1) is 12.7. The Hall–Kier alpha value is -1.75. The average molecular weight is 249 g/mol. The average Bonchev–Trinajstić information content (AvgIpc) is 2.62. The van der Waals surface area contributed by atoms with Crippen molar-refractivity contribution in [1.29, 1.82) is 0 Å². The maximum absolute atomic E-state index is 13.0. The number of aromatic nitrogens is 2. The first-order valence-corrected chi connectivity index (χ1v) is 5.77. The van der Waals surface area contributed by atoms with Crippen LogP contribution in [0.2, 0.25) is 0 Å². The summed E-state index contributed by atoms with van der Waals surface area (Å²) < 4.78 is 18.1. The normalized spacial score (nSPS) is 11.8. The number of nitrogens with zero attached hydrogens (tertiary/aromatic N) is 2. The van der Waals surface area contributed by atoms with Gasteiger partial charge >= 0.3 is 0 Å². The molecule has 18 heavy (non-hydrogen) atoms. The lowest BCUT2D eigenvalue weighted by Crippen LogP contribution is -2.34. The Balaban J connectivity index is 2.07. The first-order chi connectivity index (χ1) is 8.42. The molecule has 0 radical (unpaired) electrons. The Kier molecular flexibility index (Phi) is 3.43. The highest BCUT2D eigenvalue weighted by molar-refractivity contribution is 5.19. The number of benzene rings is 1. The van der Waals surface area contributed by atoms with E-state index in [1.165, 1.54) is 12.1 Å². The van der Waals surface area contributed by atoms with Crippen LogP contribution in [-0.4, -0.2) is 15.7 Å². The summed E-state index contributed by atoms with van der Waals surface area (Å²) in [6, 6.07) is 6.35. The van der Waals surface area contributed by atoms with E-state index in [2.05, 4.69) is 10.1 Å². The van der Waals surface area contributed by atoms with Crippen LogP contribution >= 0.6 is 0 Å². The minimum absolute atomic E-state index is 0.265. The summed E-state index contributed by atoms with van der Waals surface area (Å²) in [5.74, 6) is 0.785. The second-order valence-electron chi connectivity index (χ2n) is 5.08.